The second-order valence-electron chi connectivity index (χ2n) is 9.71. The number of aromatic amines is 1. The zero-order chi connectivity index (χ0) is 26.4. The van der Waals surface area contributed by atoms with Crippen molar-refractivity contribution < 1.29 is 19.5 Å². The summed E-state index contributed by atoms with van der Waals surface area (Å²) in [6.45, 7) is 0.405. The van der Waals surface area contributed by atoms with E-state index >= 15 is 0 Å². The molecule has 2 aliphatic rings. The summed E-state index contributed by atoms with van der Waals surface area (Å²) in [5.41, 5.74) is 4.47. The highest BCUT2D eigenvalue weighted by Crippen LogP contribution is 2.43. The van der Waals surface area contributed by atoms with Crippen LogP contribution in [0.5, 0.6) is 5.75 Å². The fourth-order valence-corrected chi connectivity index (χ4v) is 5.73. The van der Waals surface area contributed by atoms with Crippen molar-refractivity contribution in [3.05, 3.63) is 100 Å². The van der Waals surface area contributed by atoms with Crippen LogP contribution >= 0.6 is 0 Å². The minimum absolute atomic E-state index is 0.0229. The fraction of sp³-hybridized carbons (Fsp3) is 0.241. The van der Waals surface area contributed by atoms with Gasteiger partial charge in [0.25, 0.3) is 0 Å². The van der Waals surface area contributed by atoms with Gasteiger partial charge in [0.05, 0.1) is 25.4 Å². The monoisotopic (exact) mass is 511 g/mol. The summed E-state index contributed by atoms with van der Waals surface area (Å²) in [6.07, 6.45) is 1.02. The van der Waals surface area contributed by atoms with Gasteiger partial charge < -0.3 is 30.0 Å². The Hall–Kier alpha value is -4.34. The lowest BCUT2D eigenvalue weighted by atomic mass is 9.86. The van der Waals surface area contributed by atoms with Crippen molar-refractivity contribution in [2.45, 2.75) is 24.9 Å². The number of para-hydroxylation sites is 1. The van der Waals surface area contributed by atoms with Gasteiger partial charge in [-0.15, -0.1) is 0 Å². The molecular weight excluding hydrogens is 484 g/mol. The van der Waals surface area contributed by atoms with E-state index in [1.54, 1.807) is 29.0 Å². The lowest BCUT2D eigenvalue weighted by molar-refractivity contribution is -0.158. The lowest BCUT2D eigenvalue weighted by Gasteiger charge is -2.47. The maximum atomic E-state index is 13.9. The molecule has 194 valence electrons. The topological polar surface area (TPSA) is 112 Å². The molecule has 6 rings (SSSR count). The molecule has 4 aromatic rings. The van der Waals surface area contributed by atoms with E-state index in [1.165, 1.54) is 6.07 Å². The van der Waals surface area contributed by atoms with Crippen LogP contribution in [0.3, 0.4) is 0 Å². The molecule has 2 amide bonds. The third-order valence-corrected chi connectivity index (χ3v) is 7.58. The molecule has 0 aliphatic carbocycles. The number of nitrogens with one attached hydrogen (secondary N) is 1. The number of anilines is 1. The minimum atomic E-state index is -0.676. The van der Waals surface area contributed by atoms with Crippen LogP contribution in [0.4, 0.5) is 5.69 Å². The van der Waals surface area contributed by atoms with E-state index in [2.05, 4.69) is 4.98 Å². The van der Waals surface area contributed by atoms with Crippen LogP contribution in [0.25, 0.3) is 10.9 Å². The van der Waals surface area contributed by atoms with Crippen LogP contribution in [0.2, 0.25) is 0 Å². The molecule has 9 heteroatoms. The number of fused-ring (bicyclic) bond motifs is 4. The van der Waals surface area contributed by atoms with E-state index in [9.17, 15) is 20.0 Å². The molecule has 1 aromatic heterocycles. The van der Waals surface area contributed by atoms with Crippen LogP contribution in [-0.2, 0) is 22.4 Å². The van der Waals surface area contributed by atoms with Gasteiger partial charge in [0.1, 0.15) is 11.8 Å². The summed E-state index contributed by atoms with van der Waals surface area (Å²) in [6, 6.07) is 20.8. The lowest BCUT2D eigenvalue weighted by Crippen LogP contribution is -2.63. The zero-order valence-electron chi connectivity index (χ0n) is 20.8. The third-order valence-electron chi connectivity index (χ3n) is 7.58. The molecule has 9 nitrogen and oxygen atoms in total. The van der Waals surface area contributed by atoms with E-state index in [1.807, 2.05) is 54.6 Å². The predicted octanol–water partition coefficient (Wildman–Crippen LogP) is 3.80. The normalized spacial score (nSPS) is 18.9. The Morgan fingerprint density at radius 3 is 2.63 bits per heavy atom. The van der Waals surface area contributed by atoms with Crippen molar-refractivity contribution in [1.29, 1.82) is 0 Å². The highest BCUT2D eigenvalue weighted by molar-refractivity contribution is 5.97. The van der Waals surface area contributed by atoms with Gasteiger partial charge in [-0.25, -0.2) is 0 Å². The number of rotatable bonds is 6. The Bertz CT molecular complexity index is 1510. The maximum absolute atomic E-state index is 13.9. The Morgan fingerprint density at radius 1 is 1.08 bits per heavy atom. The number of benzene rings is 3. The van der Waals surface area contributed by atoms with Gasteiger partial charge in [0.15, 0.2) is 0 Å². The van der Waals surface area contributed by atoms with E-state index in [4.69, 9.17) is 4.74 Å². The van der Waals surface area contributed by atoms with Crippen molar-refractivity contribution in [3.63, 3.8) is 0 Å². The Kier molecular flexibility index (Phi) is 6.01. The number of methoxy groups -OCH3 is 1. The van der Waals surface area contributed by atoms with Crippen LogP contribution < -0.4 is 9.96 Å². The maximum Gasteiger partial charge on any atom is 0.246 e. The van der Waals surface area contributed by atoms with Crippen molar-refractivity contribution >= 4 is 28.4 Å². The Balaban J connectivity index is 1.37. The molecule has 0 saturated carbocycles. The summed E-state index contributed by atoms with van der Waals surface area (Å²) in [5, 5.41) is 22.0. The minimum Gasteiger partial charge on any atom is -0.733 e. The molecule has 2 atom stereocenters. The third kappa shape index (κ3) is 4.06. The van der Waals surface area contributed by atoms with E-state index in [0.29, 0.717) is 24.9 Å². The van der Waals surface area contributed by atoms with Gasteiger partial charge in [-0.1, -0.05) is 42.5 Å². The van der Waals surface area contributed by atoms with Crippen LogP contribution in [0, 0.1) is 5.21 Å². The molecule has 3 aromatic carbocycles. The number of carbonyl (C=O) groups excluding carboxylic acids is 2. The van der Waals surface area contributed by atoms with Gasteiger partial charge in [-0.3, -0.25) is 14.8 Å². The number of aromatic nitrogens is 1. The van der Waals surface area contributed by atoms with Gasteiger partial charge >= 0.3 is 0 Å². The smallest absolute Gasteiger partial charge is 0.246 e. The van der Waals surface area contributed by atoms with Gasteiger partial charge in [-0.05, 0) is 53.4 Å². The summed E-state index contributed by atoms with van der Waals surface area (Å²) in [4.78, 5) is 34.3. The zero-order valence-corrected chi connectivity index (χ0v) is 20.8. The number of ether oxygens (including phenoxy) is 1. The highest BCUT2D eigenvalue weighted by Gasteiger charge is 2.48. The van der Waals surface area contributed by atoms with Crippen molar-refractivity contribution in [2.75, 3.05) is 25.4 Å². The molecule has 2 N–H and O–H groups in total. The second kappa shape index (κ2) is 9.51. The molecule has 0 spiro atoms. The fourth-order valence-electron chi connectivity index (χ4n) is 5.73. The standard InChI is InChI=1S/C29H27N4O5/c1-38-21-11-9-18(10-12-21)13-14-31-17-26(34)32-25(29(31)35)16-23-22-7-2-3-8-24(22)30-27(23)28(32)19-5-4-6-20(15-19)33(36)37/h2-12,15,25,28,30,36H,13-14,16-17H2,1H3/q-1. The van der Waals surface area contributed by atoms with Gasteiger partial charge in [-0.2, -0.15) is 0 Å². The van der Waals surface area contributed by atoms with Crippen LogP contribution in [0.15, 0.2) is 72.8 Å². The quantitative estimate of drug-likeness (QED) is 0.381. The molecule has 2 aliphatic heterocycles. The first-order valence-corrected chi connectivity index (χ1v) is 12.5. The summed E-state index contributed by atoms with van der Waals surface area (Å²) < 4.78 is 5.22. The average Bonchev–Trinajstić information content (AvgIpc) is 3.31. The SMILES string of the molecule is COc1ccc(CCN2CC(=O)N3C(Cc4c([nH]c5ccccc45)C3c3cccc(N([O-])O)c3)C2=O)cc1. The first-order chi connectivity index (χ1) is 18.4. The van der Waals surface area contributed by atoms with Gasteiger partial charge in [0, 0.05) is 29.6 Å². The Labute approximate surface area is 219 Å². The predicted molar refractivity (Wildman–Crippen MR) is 142 cm³/mol. The first kappa shape index (κ1) is 24.0. The van der Waals surface area contributed by atoms with Crippen molar-refractivity contribution in [1.82, 2.24) is 14.8 Å². The molecular formula is C29H27N4O5-. The molecule has 38 heavy (non-hydrogen) atoms. The van der Waals surface area contributed by atoms with Crippen LogP contribution in [0.1, 0.15) is 28.4 Å². The van der Waals surface area contributed by atoms with E-state index < -0.39 is 12.1 Å². The Morgan fingerprint density at radius 2 is 1.87 bits per heavy atom. The van der Waals surface area contributed by atoms with Crippen molar-refractivity contribution in [2.24, 2.45) is 0 Å². The summed E-state index contributed by atoms with van der Waals surface area (Å²) >= 11 is 0. The number of nitrogens with zero attached hydrogens (tertiary/aromatic N) is 3. The van der Waals surface area contributed by atoms with Gasteiger partial charge in [0.2, 0.25) is 11.8 Å². The first-order valence-electron chi connectivity index (χ1n) is 12.5. The number of H-pyrrole nitrogens is 1. The molecule has 2 unspecified atom stereocenters. The molecule has 0 radical (unpaired) electrons. The van der Waals surface area contributed by atoms with Crippen molar-refractivity contribution in [3.8, 4) is 5.75 Å². The largest absolute Gasteiger partial charge is 0.733 e. The number of amides is 2. The average molecular weight is 512 g/mol. The summed E-state index contributed by atoms with van der Waals surface area (Å²) in [5.74, 6) is 0.511. The molecule has 1 saturated heterocycles. The number of piperazine rings is 1. The number of carbonyl (C=O) groups is 2. The van der Waals surface area contributed by atoms with E-state index in [0.717, 1.165) is 33.5 Å². The summed E-state index contributed by atoms with van der Waals surface area (Å²) in [7, 11) is 1.62. The molecule has 0 bridgehead atoms. The second-order valence-corrected chi connectivity index (χ2v) is 9.71. The number of hydrogen-bond acceptors (Lipinski definition) is 6. The highest BCUT2D eigenvalue weighted by atomic mass is 16.8. The van der Waals surface area contributed by atoms with E-state index in [-0.39, 0.29) is 29.3 Å². The number of hydrogen-bond donors (Lipinski definition) is 2. The molecule has 3 heterocycles. The van der Waals surface area contributed by atoms with Crippen LogP contribution in [-0.4, -0.2) is 58.0 Å². The molecule has 1 fully saturated rings.